The van der Waals surface area contributed by atoms with Crippen LogP contribution in [0.15, 0.2) is 54.6 Å². The molecule has 0 unspecified atom stereocenters. The number of ether oxygens (including phenoxy) is 1. The molecule has 0 bridgehead atoms. The summed E-state index contributed by atoms with van der Waals surface area (Å²) in [4.78, 5) is 0. The van der Waals surface area contributed by atoms with Crippen LogP contribution in [-0.2, 0) is 0 Å². The van der Waals surface area contributed by atoms with Gasteiger partial charge in [-0.1, -0.05) is 36.4 Å². The summed E-state index contributed by atoms with van der Waals surface area (Å²) in [5, 5.41) is 11.3. The highest BCUT2D eigenvalue weighted by Crippen LogP contribution is 2.22. The molecule has 3 N–H and O–H groups in total. The Morgan fingerprint density at radius 3 is 2.62 bits per heavy atom. The Balaban J connectivity index is 1.89. The number of nitrogens with two attached hydrogens (primary N) is 1. The number of aromatic nitrogens is 3. The zero-order chi connectivity index (χ0) is 14.7. The second-order valence-corrected chi connectivity index (χ2v) is 4.44. The Morgan fingerprint density at radius 2 is 1.86 bits per heavy atom. The monoisotopic (exact) mass is 281 g/mol. The van der Waals surface area contributed by atoms with E-state index in [4.69, 9.17) is 10.6 Å². The van der Waals surface area contributed by atoms with Gasteiger partial charge in [0.1, 0.15) is 5.75 Å². The van der Waals surface area contributed by atoms with Crippen LogP contribution in [0.4, 0.5) is 11.6 Å². The summed E-state index contributed by atoms with van der Waals surface area (Å²) < 4.78 is 6.61. The number of methoxy groups -OCH3 is 1. The molecule has 0 amide bonds. The normalized spacial score (nSPS) is 10.3. The van der Waals surface area contributed by atoms with Crippen LogP contribution in [0.2, 0.25) is 0 Å². The van der Waals surface area contributed by atoms with Crippen LogP contribution in [0.3, 0.4) is 0 Å². The van der Waals surface area contributed by atoms with Gasteiger partial charge in [0.25, 0.3) is 0 Å². The quantitative estimate of drug-likeness (QED) is 0.718. The third-order valence-electron chi connectivity index (χ3n) is 3.05. The van der Waals surface area contributed by atoms with Gasteiger partial charge in [0.2, 0.25) is 5.95 Å². The lowest BCUT2D eigenvalue weighted by Crippen LogP contribution is -2.13. The van der Waals surface area contributed by atoms with Gasteiger partial charge in [0.05, 0.1) is 7.11 Å². The molecule has 0 aliphatic rings. The Hall–Kier alpha value is -3.02. The van der Waals surface area contributed by atoms with Crippen LogP contribution in [0, 0.1) is 0 Å². The lowest BCUT2D eigenvalue weighted by molar-refractivity contribution is 0.415. The Labute approximate surface area is 122 Å². The summed E-state index contributed by atoms with van der Waals surface area (Å²) in [6, 6.07) is 17.2. The van der Waals surface area contributed by atoms with E-state index in [1.165, 1.54) is 4.68 Å². The molecule has 0 saturated heterocycles. The molecule has 1 aromatic heterocycles. The third-order valence-corrected chi connectivity index (χ3v) is 3.05. The smallest absolute Gasteiger partial charge is 0.248 e. The van der Waals surface area contributed by atoms with Crippen LogP contribution < -0.4 is 15.9 Å². The number of nitrogen functional groups attached to an aromatic ring is 1. The highest BCUT2D eigenvalue weighted by atomic mass is 16.5. The van der Waals surface area contributed by atoms with Crippen molar-refractivity contribution in [3.8, 4) is 17.1 Å². The number of hydrogen-bond donors (Lipinski definition) is 2. The molecule has 0 fully saturated rings. The maximum Gasteiger partial charge on any atom is 0.248 e. The van der Waals surface area contributed by atoms with Gasteiger partial charge < -0.3 is 15.9 Å². The van der Waals surface area contributed by atoms with Crippen LogP contribution in [0.5, 0.6) is 5.75 Å². The molecule has 1 heterocycles. The minimum atomic E-state index is 0.460. The van der Waals surface area contributed by atoms with Crippen molar-refractivity contribution < 1.29 is 4.74 Å². The Kier molecular flexibility index (Phi) is 3.42. The summed E-state index contributed by atoms with van der Waals surface area (Å²) in [5.74, 6) is 7.87. The highest BCUT2D eigenvalue weighted by Gasteiger charge is 2.11. The van der Waals surface area contributed by atoms with Crippen LogP contribution >= 0.6 is 0 Å². The third kappa shape index (κ3) is 2.64. The topological polar surface area (TPSA) is 78.0 Å². The summed E-state index contributed by atoms with van der Waals surface area (Å²) in [5.41, 5.74) is 1.74. The van der Waals surface area contributed by atoms with Crippen molar-refractivity contribution in [3.05, 3.63) is 54.6 Å². The predicted molar refractivity (Wildman–Crippen MR) is 81.9 cm³/mol. The van der Waals surface area contributed by atoms with Gasteiger partial charge in [-0.05, 0) is 12.1 Å². The molecule has 6 nitrogen and oxygen atoms in total. The minimum Gasteiger partial charge on any atom is -0.497 e. The standard InChI is InChI=1S/C15H15N5O/c1-21-13-9-5-8-12(10-13)17-15-19-18-14(20(15)16)11-6-3-2-4-7-11/h2-10H,16H2,1H3,(H,17,19). The first kappa shape index (κ1) is 13.0. The minimum absolute atomic E-state index is 0.460. The molecule has 3 aromatic rings. The first-order valence-corrected chi connectivity index (χ1v) is 6.45. The zero-order valence-electron chi connectivity index (χ0n) is 11.5. The van der Waals surface area contributed by atoms with Gasteiger partial charge in [0.15, 0.2) is 5.82 Å². The van der Waals surface area contributed by atoms with Crippen LogP contribution in [-0.4, -0.2) is 22.0 Å². The van der Waals surface area contributed by atoms with Crippen molar-refractivity contribution in [1.82, 2.24) is 14.9 Å². The molecule has 2 aromatic carbocycles. The Bertz CT molecular complexity index is 739. The maximum absolute atomic E-state index is 6.05. The number of nitrogens with one attached hydrogen (secondary N) is 1. The lowest BCUT2D eigenvalue weighted by Gasteiger charge is -2.07. The number of benzene rings is 2. The predicted octanol–water partition coefficient (Wildman–Crippen LogP) is 2.41. The molecule has 106 valence electrons. The van der Waals surface area contributed by atoms with E-state index in [0.717, 1.165) is 17.0 Å². The van der Waals surface area contributed by atoms with E-state index in [1.54, 1.807) is 7.11 Å². The van der Waals surface area contributed by atoms with E-state index >= 15 is 0 Å². The molecule has 6 heteroatoms. The molecule has 0 saturated carbocycles. The first-order valence-electron chi connectivity index (χ1n) is 6.45. The SMILES string of the molecule is COc1cccc(Nc2nnc(-c3ccccc3)n2N)c1. The first-order chi connectivity index (χ1) is 10.3. The van der Waals surface area contributed by atoms with Gasteiger partial charge in [-0.15, -0.1) is 10.2 Å². The average molecular weight is 281 g/mol. The molecular formula is C15H15N5O. The van der Waals surface area contributed by atoms with Crippen molar-refractivity contribution in [2.75, 3.05) is 18.3 Å². The van der Waals surface area contributed by atoms with E-state index < -0.39 is 0 Å². The largest absolute Gasteiger partial charge is 0.497 e. The molecule has 0 aliphatic carbocycles. The van der Waals surface area contributed by atoms with Crippen molar-refractivity contribution in [2.24, 2.45) is 0 Å². The summed E-state index contributed by atoms with van der Waals surface area (Å²) >= 11 is 0. The van der Waals surface area contributed by atoms with E-state index in [9.17, 15) is 0 Å². The summed E-state index contributed by atoms with van der Waals surface area (Å²) in [7, 11) is 1.62. The number of nitrogens with zero attached hydrogens (tertiary/aromatic N) is 3. The summed E-state index contributed by atoms with van der Waals surface area (Å²) in [6.07, 6.45) is 0. The maximum atomic E-state index is 6.05. The fraction of sp³-hybridized carbons (Fsp3) is 0.0667. The highest BCUT2D eigenvalue weighted by molar-refractivity contribution is 5.61. The number of hydrogen-bond acceptors (Lipinski definition) is 5. The number of rotatable bonds is 4. The van der Waals surface area contributed by atoms with Gasteiger partial charge in [-0.3, -0.25) is 0 Å². The zero-order valence-corrected chi connectivity index (χ0v) is 11.5. The number of anilines is 2. The van der Waals surface area contributed by atoms with Gasteiger partial charge in [-0.25, -0.2) is 4.68 Å². The van der Waals surface area contributed by atoms with Gasteiger partial charge >= 0.3 is 0 Å². The van der Waals surface area contributed by atoms with Crippen LogP contribution in [0.25, 0.3) is 11.4 Å². The molecule has 0 spiro atoms. The summed E-state index contributed by atoms with van der Waals surface area (Å²) in [6.45, 7) is 0. The fourth-order valence-corrected chi connectivity index (χ4v) is 1.99. The van der Waals surface area contributed by atoms with E-state index in [2.05, 4.69) is 15.5 Å². The van der Waals surface area contributed by atoms with E-state index in [0.29, 0.717) is 11.8 Å². The van der Waals surface area contributed by atoms with E-state index in [1.807, 2.05) is 54.6 Å². The molecule has 0 atom stereocenters. The van der Waals surface area contributed by atoms with Gasteiger partial charge in [0, 0.05) is 17.3 Å². The van der Waals surface area contributed by atoms with Crippen molar-refractivity contribution >= 4 is 11.6 Å². The molecule has 0 radical (unpaired) electrons. The molecular weight excluding hydrogens is 266 g/mol. The average Bonchev–Trinajstić information content (AvgIpc) is 2.89. The van der Waals surface area contributed by atoms with Gasteiger partial charge in [-0.2, -0.15) is 0 Å². The molecule has 3 rings (SSSR count). The lowest BCUT2D eigenvalue weighted by atomic mass is 10.2. The van der Waals surface area contributed by atoms with Crippen molar-refractivity contribution in [1.29, 1.82) is 0 Å². The van der Waals surface area contributed by atoms with Crippen molar-refractivity contribution in [3.63, 3.8) is 0 Å². The second-order valence-electron chi connectivity index (χ2n) is 4.44. The fourth-order valence-electron chi connectivity index (χ4n) is 1.99. The van der Waals surface area contributed by atoms with Crippen LogP contribution in [0.1, 0.15) is 0 Å². The Morgan fingerprint density at radius 1 is 1.05 bits per heavy atom. The molecule has 21 heavy (non-hydrogen) atoms. The second kappa shape index (κ2) is 5.54. The molecule has 0 aliphatic heterocycles. The van der Waals surface area contributed by atoms with E-state index in [-0.39, 0.29) is 0 Å². The van der Waals surface area contributed by atoms with Crippen molar-refractivity contribution in [2.45, 2.75) is 0 Å².